The molecule has 0 saturated heterocycles. The van der Waals surface area contributed by atoms with Crippen molar-refractivity contribution in [3.05, 3.63) is 0 Å². The first-order valence-corrected chi connectivity index (χ1v) is 9.13. The molecule has 0 fully saturated rings. The van der Waals surface area contributed by atoms with Crippen LogP contribution in [0.1, 0.15) is 34.6 Å². The van der Waals surface area contributed by atoms with Crippen molar-refractivity contribution in [1.82, 2.24) is 3.30 Å². The van der Waals surface area contributed by atoms with Crippen molar-refractivity contribution >= 4 is 0 Å². The second-order valence-corrected chi connectivity index (χ2v) is 13.0. The molecule has 0 aromatic carbocycles. The molecule has 0 unspecified atom stereocenters. The van der Waals surface area contributed by atoms with Crippen molar-refractivity contribution in [3.63, 3.8) is 0 Å². The molecule has 0 aliphatic carbocycles. The Morgan fingerprint density at radius 3 is 1.64 bits per heavy atom. The van der Waals surface area contributed by atoms with Crippen LogP contribution in [0.15, 0.2) is 0 Å². The van der Waals surface area contributed by atoms with Crippen LogP contribution < -0.4 is 4.14 Å². The molecule has 0 bridgehead atoms. The van der Waals surface area contributed by atoms with E-state index >= 15 is 0 Å². The van der Waals surface area contributed by atoms with Gasteiger partial charge in [0.2, 0.25) is 0 Å². The van der Waals surface area contributed by atoms with Crippen molar-refractivity contribution in [2.75, 3.05) is 13.1 Å². The summed E-state index contributed by atoms with van der Waals surface area (Å²) in [6.07, 6.45) is 0. The fraction of sp³-hybridized carbons (Fsp3) is 1.00. The van der Waals surface area contributed by atoms with Crippen LogP contribution in [0.2, 0.25) is 3.63 Å². The van der Waals surface area contributed by atoms with Gasteiger partial charge in [-0.3, -0.25) is 0 Å². The number of rotatable bonds is 3. The first-order chi connectivity index (χ1) is 4.93. The summed E-state index contributed by atoms with van der Waals surface area (Å²) < 4.78 is 9.12. The Morgan fingerprint density at radius 2 is 1.55 bits per heavy atom. The minimum atomic E-state index is -1.80. The van der Waals surface area contributed by atoms with Gasteiger partial charge in [-0.1, -0.05) is 0 Å². The van der Waals surface area contributed by atoms with Gasteiger partial charge in [0.25, 0.3) is 0 Å². The van der Waals surface area contributed by atoms with Gasteiger partial charge in [0, 0.05) is 0 Å². The maximum absolute atomic E-state index is 6.25. The van der Waals surface area contributed by atoms with Crippen molar-refractivity contribution in [2.24, 2.45) is 4.14 Å². The molecule has 11 heavy (non-hydrogen) atoms. The third kappa shape index (κ3) is 3.72. The number of nitrogens with two attached hydrogens (primary N) is 1. The average Bonchev–Trinajstić information content (AvgIpc) is 1.88. The van der Waals surface area contributed by atoms with Crippen molar-refractivity contribution in [2.45, 2.75) is 38.3 Å². The Bertz CT molecular complexity index is 105. The van der Waals surface area contributed by atoms with E-state index in [0.717, 1.165) is 13.1 Å². The third-order valence-corrected chi connectivity index (χ3v) is 10.9. The SMILES string of the molecule is CC[N](CC)[Ta]([NH2])[C](C)(C)C. The van der Waals surface area contributed by atoms with Crippen LogP contribution in [0.5, 0.6) is 0 Å². The van der Waals surface area contributed by atoms with E-state index in [9.17, 15) is 0 Å². The van der Waals surface area contributed by atoms with Gasteiger partial charge < -0.3 is 0 Å². The van der Waals surface area contributed by atoms with E-state index in [1.165, 1.54) is 0 Å². The summed E-state index contributed by atoms with van der Waals surface area (Å²) >= 11 is -1.80. The zero-order chi connectivity index (χ0) is 9.07. The summed E-state index contributed by atoms with van der Waals surface area (Å²) in [6, 6.07) is 0. The molecular formula is C8H21N2Ta. The Kier molecular flexibility index (Phi) is 4.91. The van der Waals surface area contributed by atoms with E-state index in [-0.39, 0.29) is 0 Å². The van der Waals surface area contributed by atoms with Gasteiger partial charge >= 0.3 is 77.7 Å². The molecule has 0 atom stereocenters. The van der Waals surface area contributed by atoms with Crippen molar-refractivity contribution in [3.8, 4) is 0 Å². The quantitative estimate of drug-likeness (QED) is 0.859. The van der Waals surface area contributed by atoms with Gasteiger partial charge in [-0.25, -0.2) is 0 Å². The van der Waals surface area contributed by atoms with Crippen LogP contribution in [0.4, 0.5) is 0 Å². The molecule has 0 saturated carbocycles. The van der Waals surface area contributed by atoms with E-state index in [4.69, 9.17) is 4.14 Å². The van der Waals surface area contributed by atoms with E-state index in [2.05, 4.69) is 37.9 Å². The second kappa shape index (κ2) is 4.63. The molecule has 2 nitrogen and oxygen atoms in total. The summed E-state index contributed by atoms with van der Waals surface area (Å²) in [6.45, 7) is 13.5. The normalized spacial score (nSPS) is 13.1. The predicted octanol–water partition coefficient (Wildman–Crippen LogP) is 1.95. The Labute approximate surface area is 77.9 Å². The topological polar surface area (TPSA) is 29.3 Å². The fourth-order valence-electron chi connectivity index (χ4n) is 0.953. The predicted molar refractivity (Wildman–Crippen MR) is 46.8 cm³/mol. The van der Waals surface area contributed by atoms with Crippen LogP contribution in [-0.2, 0) is 19.0 Å². The Morgan fingerprint density at radius 1 is 1.18 bits per heavy atom. The molecule has 0 aromatic rings. The van der Waals surface area contributed by atoms with Crippen LogP contribution >= 0.6 is 0 Å². The summed E-state index contributed by atoms with van der Waals surface area (Å²) in [4.78, 5) is 0. The maximum atomic E-state index is 6.25. The molecule has 0 heterocycles. The number of hydrogen-bond donors (Lipinski definition) is 1. The number of hydrogen-bond acceptors (Lipinski definition) is 2. The zero-order valence-electron chi connectivity index (χ0n) is 8.39. The molecule has 0 spiro atoms. The van der Waals surface area contributed by atoms with Gasteiger partial charge in [-0.05, 0) is 0 Å². The summed E-state index contributed by atoms with van der Waals surface area (Å²) in [5.74, 6) is 0. The summed E-state index contributed by atoms with van der Waals surface area (Å²) in [5.41, 5.74) is 0. The molecule has 0 amide bonds. The molecule has 0 aromatic heterocycles. The van der Waals surface area contributed by atoms with Crippen LogP contribution in [-0.4, -0.2) is 16.4 Å². The van der Waals surface area contributed by atoms with E-state index in [0.29, 0.717) is 3.63 Å². The first kappa shape index (κ1) is 11.7. The summed E-state index contributed by atoms with van der Waals surface area (Å²) in [7, 11) is 0. The van der Waals surface area contributed by atoms with Crippen LogP contribution in [0.3, 0.4) is 0 Å². The second-order valence-electron chi connectivity index (χ2n) is 3.65. The van der Waals surface area contributed by atoms with Crippen molar-refractivity contribution < 1.29 is 19.0 Å². The van der Waals surface area contributed by atoms with Crippen molar-refractivity contribution in [1.29, 1.82) is 0 Å². The molecule has 3 heteroatoms. The van der Waals surface area contributed by atoms with E-state index in [1.54, 1.807) is 0 Å². The molecule has 0 rings (SSSR count). The van der Waals surface area contributed by atoms with Gasteiger partial charge in [0.05, 0.1) is 0 Å². The monoisotopic (exact) mass is 326 g/mol. The fourth-order valence-corrected chi connectivity index (χ4v) is 6.19. The molecule has 0 aliphatic heterocycles. The van der Waals surface area contributed by atoms with Gasteiger partial charge in [0.1, 0.15) is 0 Å². The van der Waals surface area contributed by atoms with Crippen LogP contribution in [0.25, 0.3) is 0 Å². The molecule has 68 valence electrons. The standard InChI is InChI=1S/C4H10N.C4H9.H2N.Ta/c1-3-5-4-2;1-4(2)3;;/h3-4H2,1-2H3;1-3H3;1H2;/q-1;;-1;+2. The molecule has 2 N–H and O–H groups in total. The molecule has 0 aliphatic rings. The zero-order valence-corrected chi connectivity index (χ0v) is 11.6. The first-order valence-electron chi connectivity index (χ1n) is 4.23. The Hall–Kier alpha value is 0.660. The molecule has 0 radical (unpaired) electrons. The third-order valence-electron chi connectivity index (χ3n) is 1.72. The Balaban J connectivity index is 4.09. The van der Waals surface area contributed by atoms with Gasteiger partial charge in [-0.2, -0.15) is 0 Å². The number of nitrogens with zero attached hydrogens (tertiary/aromatic N) is 1. The van der Waals surface area contributed by atoms with Crippen LogP contribution in [0, 0.1) is 0 Å². The minimum absolute atomic E-state index is 0.390. The van der Waals surface area contributed by atoms with E-state index in [1.807, 2.05) is 0 Å². The summed E-state index contributed by atoms with van der Waals surface area (Å²) in [5, 5.41) is 0. The van der Waals surface area contributed by atoms with Gasteiger partial charge in [-0.15, -0.1) is 0 Å². The average molecular weight is 326 g/mol. The van der Waals surface area contributed by atoms with E-state index < -0.39 is 19.0 Å². The van der Waals surface area contributed by atoms with Gasteiger partial charge in [0.15, 0.2) is 0 Å². The molecular weight excluding hydrogens is 305 g/mol.